The van der Waals surface area contributed by atoms with Gasteiger partial charge in [0.2, 0.25) is 11.8 Å². The average Bonchev–Trinajstić information content (AvgIpc) is 2.83. The lowest BCUT2D eigenvalue weighted by molar-refractivity contribution is -0.133. The van der Waals surface area contributed by atoms with Crippen LogP contribution in [0.25, 0.3) is 0 Å². The number of nitrogens with zero attached hydrogens (tertiary/aromatic N) is 1. The fourth-order valence-corrected chi connectivity index (χ4v) is 2.58. The van der Waals surface area contributed by atoms with E-state index >= 15 is 0 Å². The van der Waals surface area contributed by atoms with Crippen molar-refractivity contribution in [3.05, 3.63) is 28.2 Å². The van der Waals surface area contributed by atoms with Crippen molar-refractivity contribution in [2.75, 3.05) is 18.1 Å². The molecule has 0 saturated carbocycles. The fraction of sp³-hybridized carbons (Fsp3) is 0.467. The second-order valence-corrected chi connectivity index (χ2v) is 6.78. The Morgan fingerprint density at radius 1 is 1.41 bits per heavy atom. The Labute approximate surface area is 139 Å². The van der Waals surface area contributed by atoms with Crippen molar-refractivity contribution in [1.82, 2.24) is 5.32 Å². The maximum atomic E-state index is 12.4. The first-order chi connectivity index (χ1) is 10.2. The molecule has 2 N–H and O–H groups in total. The van der Waals surface area contributed by atoms with Crippen molar-refractivity contribution in [1.29, 1.82) is 0 Å². The summed E-state index contributed by atoms with van der Waals surface area (Å²) in [6.07, 6.45) is 0.423. The van der Waals surface area contributed by atoms with E-state index in [1.54, 1.807) is 32.0 Å². The summed E-state index contributed by atoms with van der Waals surface area (Å²) in [5.41, 5.74) is -0.134. The van der Waals surface area contributed by atoms with Crippen LogP contribution in [0.5, 0.6) is 0 Å². The maximum Gasteiger partial charge on any atom is 0.239 e. The Balaban J connectivity index is 2.12. The minimum absolute atomic E-state index is 0.198. The molecular formula is C15H18Cl2N2O3. The lowest BCUT2D eigenvalue weighted by Crippen LogP contribution is -2.49. The highest BCUT2D eigenvalue weighted by molar-refractivity contribution is 6.42. The van der Waals surface area contributed by atoms with Crippen LogP contribution in [0.3, 0.4) is 0 Å². The largest absolute Gasteiger partial charge is 0.394 e. The molecule has 1 aliphatic heterocycles. The Hall–Kier alpha value is -1.30. The van der Waals surface area contributed by atoms with Gasteiger partial charge in [0.05, 0.1) is 22.2 Å². The number of carbonyl (C=O) groups is 2. The molecule has 1 aliphatic rings. The molecule has 1 aromatic rings. The summed E-state index contributed by atoms with van der Waals surface area (Å²) in [4.78, 5) is 26.2. The predicted molar refractivity (Wildman–Crippen MR) is 86.2 cm³/mol. The van der Waals surface area contributed by atoms with Crippen molar-refractivity contribution in [3.63, 3.8) is 0 Å². The molecule has 0 radical (unpaired) electrons. The second-order valence-electron chi connectivity index (χ2n) is 5.96. The van der Waals surface area contributed by atoms with Crippen molar-refractivity contribution in [2.24, 2.45) is 5.92 Å². The lowest BCUT2D eigenvalue weighted by atomic mass is 10.0. The van der Waals surface area contributed by atoms with E-state index in [0.717, 1.165) is 0 Å². The summed E-state index contributed by atoms with van der Waals surface area (Å²) in [6, 6.07) is 4.93. The molecule has 0 spiro atoms. The van der Waals surface area contributed by atoms with Gasteiger partial charge in [0.25, 0.3) is 0 Å². The number of aliphatic hydroxyl groups excluding tert-OH is 1. The SMILES string of the molecule is CC(C)(CO)NC(=O)C1CCN(c2ccc(Cl)c(Cl)c2)C1=O. The van der Waals surface area contributed by atoms with Crippen LogP contribution in [0, 0.1) is 5.92 Å². The molecule has 1 unspecified atom stereocenters. The van der Waals surface area contributed by atoms with E-state index in [1.807, 2.05) is 0 Å². The van der Waals surface area contributed by atoms with Crippen LogP contribution in [0.1, 0.15) is 20.3 Å². The smallest absolute Gasteiger partial charge is 0.239 e. The van der Waals surface area contributed by atoms with Gasteiger partial charge in [-0.3, -0.25) is 9.59 Å². The van der Waals surface area contributed by atoms with Gasteiger partial charge >= 0.3 is 0 Å². The van der Waals surface area contributed by atoms with Gasteiger partial charge in [-0.1, -0.05) is 23.2 Å². The van der Waals surface area contributed by atoms with Gasteiger partial charge in [-0.15, -0.1) is 0 Å². The van der Waals surface area contributed by atoms with E-state index in [4.69, 9.17) is 23.2 Å². The quantitative estimate of drug-likeness (QED) is 0.823. The zero-order valence-corrected chi connectivity index (χ0v) is 13.9. The molecule has 1 atom stereocenters. The van der Waals surface area contributed by atoms with E-state index in [2.05, 4.69) is 5.32 Å². The molecule has 1 heterocycles. The van der Waals surface area contributed by atoms with Crippen molar-refractivity contribution in [3.8, 4) is 0 Å². The van der Waals surface area contributed by atoms with Crippen molar-refractivity contribution >= 4 is 40.7 Å². The normalized spacial score (nSPS) is 18.7. The summed E-state index contributed by atoms with van der Waals surface area (Å²) >= 11 is 11.8. The topological polar surface area (TPSA) is 69.6 Å². The lowest BCUT2D eigenvalue weighted by Gasteiger charge is -2.25. The van der Waals surface area contributed by atoms with E-state index < -0.39 is 11.5 Å². The van der Waals surface area contributed by atoms with E-state index in [9.17, 15) is 14.7 Å². The van der Waals surface area contributed by atoms with E-state index in [1.165, 1.54) is 4.90 Å². The molecule has 120 valence electrons. The van der Waals surface area contributed by atoms with Gasteiger partial charge in [-0.25, -0.2) is 0 Å². The number of amides is 2. The Morgan fingerprint density at radius 3 is 2.68 bits per heavy atom. The minimum atomic E-state index is -0.756. The van der Waals surface area contributed by atoms with Gasteiger partial charge in [-0.2, -0.15) is 0 Å². The first kappa shape index (κ1) is 17.1. The van der Waals surface area contributed by atoms with Crippen LogP contribution >= 0.6 is 23.2 Å². The molecule has 0 aromatic heterocycles. The highest BCUT2D eigenvalue weighted by Gasteiger charge is 2.39. The molecular weight excluding hydrogens is 327 g/mol. The summed E-state index contributed by atoms with van der Waals surface area (Å²) in [5.74, 6) is -1.39. The van der Waals surface area contributed by atoms with Crippen molar-refractivity contribution in [2.45, 2.75) is 25.8 Å². The Bertz CT molecular complexity index is 604. The average molecular weight is 345 g/mol. The van der Waals surface area contributed by atoms with Gasteiger partial charge in [0, 0.05) is 12.2 Å². The number of rotatable bonds is 4. The van der Waals surface area contributed by atoms with Crippen LogP contribution in [0.2, 0.25) is 10.0 Å². The number of aliphatic hydroxyl groups is 1. The summed E-state index contributed by atoms with van der Waals surface area (Å²) < 4.78 is 0. The standard InChI is InChI=1S/C15H18Cl2N2O3/c1-15(2,8-20)18-13(21)10-5-6-19(14(10)22)9-3-4-11(16)12(17)7-9/h3-4,7,10,20H,5-6,8H2,1-2H3,(H,18,21). The number of hydrogen-bond acceptors (Lipinski definition) is 3. The summed E-state index contributed by atoms with van der Waals surface area (Å²) in [7, 11) is 0. The molecule has 1 aromatic carbocycles. The molecule has 22 heavy (non-hydrogen) atoms. The Morgan fingerprint density at radius 2 is 2.09 bits per heavy atom. The van der Waals surface area contributed by atoms with Gasteiger partial charge in [-0.05, 0) is 38.5 Å². The monoisotopic (exact) mass is 344 g/mol. The molecule has 0 bridgehead atoms. The first-order valence-electron chi connectivity index (χ1n) is 6.94. The van der Waals surface area contributed by atoms with Crippen LogP contribution in [0.15, 0.2) is 18.2 Å². The third-order valence-electron chi connectivity index (χ3n) is 3.59. The van der Waals surface area contributed by atoms with Crippen LogP contribution in [0.4, 0.5) is 5.69 Å². The number of anilines is 1. The zero-order chi connectivity index (χ0) is 16.5. The molecule has 7 heteroatoms. The molecule has 1 fully saturated rings. The molecule has 2 amide bonds. The highest BCUT2D eigenvalue weighted by atomic mass is 35.5. The third kappa shape index (κ3) is 3.54. The maximum absolute atomic E-state index is 12.4. The Kier molecular flexibility index (Phi) is 5.00. The van der Waals surface area contributed by atoms with E-state index in [0.29, 0.717) is 28.7 Å². The number of nitrogens with one attached hydrogen (secondary N) is 1. The number of hydrogen-bond donors (Lipinski definition) is 2. The first-order valence-corrected chi connectivity index (χ1v) is 7.70. The van der Waals surface area contributed by atoms with E-state index in [-0.39, 0.29) is 18.4 Å². The number of benzene rings is 1. The number of halogens is 2. The van der Waals surface area contributed by atoms with Gasteiger partial charge < -0.3 is 15.3 Å². The number of carbonyl (C=O) groups excluding carboxylic acids is 2. The molecule has 5 nitrogen and oxygen atoms in total. The van der Waals surface area contributed by atoms with Crippen LogP contribution in [-0.4, -0.2) is 35.6 Å². The fourth-order valence-electron chi connectivity index (χ4n) is 2.29. The van der Waals surface area contributed by atoms with Crippen molar-refractivity contribution < 1.29 is 14.7 Å². The highest BCUT2D eigenvalue weighted by Crippen LogP contribution is 2.31. The molecule has 1 saturated heterocycles. The summed E-state index contributed by atoms with van der Waals surface area (Å²) in [5, 5.41) is 12.7. The van der Waals surface area contributed by atoms with Gasteiger partial charge in [0.1, 0.15) is 5.92 Å². The molecule has 0 aliphatic carbocycles. The second kappa shape index (κ2) is 6.44. The minimum Gasteiger partial charge on any atom is -0.394 e. The van der Waals surface area contributed by atoms with Crippen LogP contribution < -0.4 is 10.2 Å². The predicted octanol–water partition coefficient (Wildman–Crippen LogP) is 2.23. The van der Waals surface area contributed by atoms with Gasteiger partial charge in [0.15, 0.2) is 0 Å². The third-order valence-corrected chi connectivity index (χ3v) is 4.33. The zero-order valence-electron chi connectivity index (χ0n) is 12.4. The van der Waals surface area contributed by atoms with Crippen LogP contribution in [-0.2, 0) is 9.59 Å². The summed E-state index contributed by atoms with van der Waals surface area (Å²) in [6.45, 7) is 3.63. The molecule has 2 rings (SSSR count).